The van der Waals surface area contributed by atoms with E-state index in [9.17, 15) is 0 Å². The molecule has 21 heavy (non-hydrogen) atoms. The van der Waals surface area contributed by atoms with Crippen LogP contribution >= 0.6 is 12.2 Å². The molecule has 0 saturated heterocycles. The van der Waals surface area contributed by atoms with E-state index in [-0.39, 0.29) is 6.17 Å². The van der Waals surface area contributed by atoms with Crippen LogP contribution in [0.1, 0.15) is 25.1 Å². The van der Waals surface area contributed by atoms with Crippen LogP contribution < -0.4 is 16.0 Å². The molecular formula is C17H21N3S. The Balaban J connectivity index is 2.09. The lowest BCUT2D eigenvalue weighted by Gasteiger charge is -2.23. The quantitative estimate of drug-likeness (QED) is 0.562. The highest BCUT2D eigenvalue weighted by molar-refractivity contribution is 7.80. The van der Waals surface area contributed by atoms with E-state index in [4.69, 9.17) is 12.2 Å². The van der Waals surface area contributed by atoms with Crippen LogP contribution in [0.25, 0.3) is 0 Å². The molecule has 4 heteroatoms. The molecule has 0 bridgehead atoms. The SMILES string of the molecule is CCCNC(=S)NC(Nc1ccccc1)c1ccccc1. The van der Waals surface area contributed by atoms with Crippen LogP contribution in [-0.2, 0) is 0 Å². The number of nitrogens with one attached hydrogen (secondary N) is 3. The summed E-state index contributed by atoms with van der Waals surface area (Å²) in [4.78, 5) is 0. The van der Waals surface area contributed by atoms with E-state index in [1.807, 2.05) is 48.5 Å². The summed E-state index contributed by atoms with van der Waals surface area (Å²) in [7, 11) is 0. The van der Waals surface area contributed by atoms with Gasteiger partial charge in [0.2, 0.25) is 0 Å². The Labute approximate surface area is 131 Å². The third-order valence-electron chi connectivity index (χ3n) is 3.03. The number of rotatable bonds is 6. The molecule has 0 fully saturated rings. The van der Waals surface area contributed by atoms with Gasteiger partial charge in [-0.1, -0.05) is 55.5 Å². The van der Waals surface area contributed by atoms with Crippen molar-refractivity contribution in [3.63, 3.8) is 0 Å². The van der Waals surface area contributed by atoms with Crippen LogP contribution in [0.4, 0.5) is 5.69 Å². The van der Waals surface area contributed by atoms with Gasteiger partial charge in [-0.2, -0.15) is 0 Å². The highest BCUT2D eigenvalue weighted by Gasteiger charge is 2.11. The van der Waals surface area contributed by atoms with E-state index in [0.717, 1.165) is 24.2 Å². The van der Waals surface area contributed by atoms with Crippen molar-refractivity contribution in [2.24, 2.45) is 0 Å². The maximum Gasteiger partial charge on any atom is 0.168 e. The topological polar surface area (TPSA) is 36.1 Å². The lowest BCUT2D eigenvalue weighted by molar-refractivity contribution is 0.707. The van der Waals surface area contributed by atoms with Gasteiger partial charge in [0.1, 0.15) is 6.17 Å². The van der Waals surface area contributed by atoms with E-state index >= 15 is 0 Å². The largest absolute Gasteiger partial charge is 0.363 e. The molecule has 0 amide bonds. The van der Waals surface area contributed by atoms with Crippen molar-refractivity contribution in [2.75, 3.05) is 11.9 Å². The minimum Gasteiger partial charge on any atom is -0.363 e. The zero-order chi connectivity index (χ0) is 14.9. The minimum atomic E-state index is -0.0644. The molecule has 3 nitrogen and oxygen atoms in total. The van der Waals surface area contributed by atoms with Gasteiger partial charge in [0, 0.05) is 12.2 Å². The molecule has 3 N–H and O–H groups in total. The molecule has 0 heterocycles. The highest BCUT2D eigenvalue weighted by atomic mass is 32.1. The molecule has 2 rings (SSSR count). The number of benzene rings is 2. The van der Waals surface area contributed by atoms with E-state index in [0.29, 0.717) is 5.11 Å². The van der Waals surface area contributed by atoms with Crippen LogP contribution in [0.15, 0.2) is 60.7 Å². The number of anilines is 1. The molecular weight excluding hydrogens is 278 g/mol. The molecule has 1 atom stereocenters. The van der Waals surface area contributed by atoms with Gasteiger partial charge in [-0.15, -0.1) is 0 Å². The normalized spacial score (nSPS) is 11.5. The maximum absolute atomic E-state index is 5.35. The fourth-order valence-corrected chi connectivity index (χ4v) is 2.19. The van der Waals surface area contributed by atoms with Gasteiger partial charge in [0.25, 0.3) is 0 Å². The summed E-state index contributed by atoms with van der Waals surface area (Å²) in [6, 6.07) is 20.3. The number of hydrogen-bond acceptors (Lipinski definition) is 2. The van der Waals surface area contributed by atoms with Crippen molar-refractivity contribution in [1.29, 1.82) is 0 Å². The van der Waals surface area contributed by atoms with Crippen LogP contribution in [-0.4, -0.2) is 11.7 Å². The minimum absolute atomic E-state index is 0.0644. The molecule has 0 aliphatic rings. The smallest absolute Gasteiger partial charge is 0.168 e. The van der Waals surface area contributed by atoms with Gasteiger partial charge in [0.05, 0.1) is 0 Å². The van der Waals surface area contributed by atoms with Crippen molar-refractivity contribution in [3.8, 4) is 0 Å². The number of thiocarbonyl (C=S) groups is 1. The van der Waals surface area contributed by atoms with E-state index in [2.05, 4.69) is 35.0 Å². The van der Waals surface area contributed by atoms with Crippen molar-refractivity contribution in [3.05, 3.63) is 66.2 Å². The van der Waals surface area contributed by atoms with Crippen LogP contribution in [0.2, 0.25) is 0 Å². The molecule has 0 saturated carbocycles. The Morgan fingerprint density at radius 1 is 1.00 bits per heavy atom. The first-order valence-corrected chi connectivity index (χ1v) is 7.61. The molecule has 2 aromatic carbocycles. The number of para-hydroxylation sites is 1. The predicted octanol–water partition coefficient (Wildman–Crippen LogP) is 3.67. The second-order valence-electron chi connectivity index (χ2n) is 4.75. The summed E-state index contributed by atoms with van der Waals surface area (Å²) >= 11 is 5.35. The third-order valence-corrected chi connectivity index (χ3v) is 3.29. The van der Waals surface area contributed by atoms with Crippen LogP contribution in [0, 0.1) is 0 Å². The van der Waals surface area contributed by atoms with Crippen molar-refractivity contribution < 1.29 is 0 Å². The summed E-state index contributed by atoms with van der Waals surface area (Å²) in [5.74, 6) is 0. The molecule has 0 aliphatic heterocycles. The Hall–Kier alpha value is -2.07. The van der Waals surface area contributed by atoms with Gasteiger partial charge < -0.3 is 16.0 Å². The van der Waals surface area contributed by atoms with Crippen LogP contribution in [0.3, 0.4) is 0 Å². The van der Waals surface area contributed by atoms with Crippen molar-refractivity contribution in [1.82, 2.24) is 10.6 Å². The Bertz CT molecular complexity index is 542. The second kappa shape index (κ2) is 8.27. The fourth-order valence-electron chi connectivity index (χ4n) is 1.97. The Kier molecular flexibility index (Phi) is 6.03. The summed E-state index contributed by atoms with van der Waals surface area (Å²) in [6.45, 7) is 2.99. The lowest BCUT2D eigenvalue weighted by Crippen LogP contribution is -2.40. The van der Waals surface area contributed by atoms with Gasteiger partial charge in [-0.25, -0.2) is 0 Å². The van der Waals surface area contributed by atoms with E-state index in [1.54, 1.807) is 0 Å². The first-order valence-electron chi connectivity index (χ1n) is 7.20. The zero-order valence-electron chi connectivity index (χ0n) is 12.2. The summed E-state index contributed by atoms with van der Waals surface area (Å²) in [6.07, 6.45) is 0.981. The molecule has 0 aliphatic carbocycles. The summed E-state index contributed by atoms with van der Waals surface area (Å²) < 4.78 is 0. The van der Waals surface area contributed by atoms with Gasteiger partial charge in [-0.05, 0) is 36.3 Å². The first kappa shape index (κ1) is 15.3. The second-order valence-corrected chi connectivity index (χ2v) is 5.16. The predicted molar refractivity (Wildman–Crippen MR) is 93.3 cm³/mol. The standard InChI is InChI=1S/C17H21N3S/c1-2-13-18-17(21)20-16(14-9-5-3-6-10-14)19-15-11-7-4-8-12-15/h3-12,16,19H,2,13H2,1H3,(H2,18,20,21). The monoisotopic (exact) mass is 299 g/mol. The van der Waals surface area contributed by atoms with Crippen LogP contribution in [0.5, 0.6) is 0 Å². The van der Waals surface area contributed by atoms with Crippen molar-refractivity contribution in [2.45, 2.75) is 19.5 Å². The summed E-state index contributed by atoms with van der Waals surface area (Å²) in [5, 5.41) is 10.6. The molecule has 1 unspecified atom stereocenters. The van der Waals surface area contributed by atoms with Gasteiger partial charge >= 0.3 is 0 Å². The average molecular weight is 299 g/mol. The van der Waals surface area contributed by atoms with Gasteiger partial charge in [0.15, 0.2) is 5.11 Å². The fraction of sp³-hybridized carbons (Fsp3) is 0.235. The summed E-state index contributed by atoms with van der Waals surface area (Å²) in [5.41, 5.74) is 2.19. The number of hydrogen-bond donors (Lipinski definition) is 3. The Morgan fingerprint density at radius 2 is 1.62 bits per heavy atom. The van der Waals surface area contributed by atoms with Gasteiger partial charge in [-0.3, -0.25) is 0 Å². The molecule has 0 aromatic heterocycles. The van der Waals surface area contributed by atoms with Crippen molar-refractivity contribution >= 4 is 23.0 Å². The Morgan fingerprint density at radius 3 is 2.24 bits per heavy atom. The maximum atomic E-state index is 5.35. The average Bonchev–Trinajstić information content (AvgIpc) is 2.54. The van der Waals surface area contributed by atoms with E-state index in [1.165, 1.54) is 0 Å². The first-order chi connectivity index (χ1) is 10.3. The molecule has 0 radical (unpaired) electrons. The molecule has 2 aromatic rings. The third kappa shape index (κ3) is 5.08. The molecule has 110 valence electrons. The zero-order valence-corrected chi connectivity index (χ0v) is 13.0. The molecule has 0 spiro atoms. The van der Waals surface area contributed by atoms with E-state index < -0.39 is 0 Å². The lowest BCUT2D eigenvalue weighted by atomic mass is 10.1. The highest BCUT2D eigenvalue weighted by Crippen LogP contribution is 2.16.